The minimum Gasteiger partial charge on any atom is -0.239 e. The van der Waals surface area contributed by atoms with Gasteiger partial charge in [-0.05, 0) is 25.0 Å². The molecule has 0 saturated carbocycles. The summed E-state index contributed by atoms with van der Waals surface area (Å²) in [7, 11) is -3.51. The predicted molar refractivity (Wildman–Crippen MR) is 78.3 cm³/mol. The Morgan fingerprint density at radius 2 is 1.90 bits per heavy atom. The molecule has 2 rings (SSSR count). The van der Waals surface area contributed by atoms with Crippen molar-refractivity contribution in [2.45, 2.75) is 25.7 Å². The van der Waals surface area contributed by atoms with E-state index in [0.29, 0.717) is 12.2 Å². The molecule has 2 aromatic rings. The van der Waals surface area contributed by atoms with Gasteiger partial charge < -0.3 is 0 Å². The average Bonchev–Trinajstić information content (AvgIpc) is 2.81. The van der Waals surface area contributed by atoms with E-state index in [4.69, 9.17) is 0 Å². The first-order valence-corrected chi connectivity index (χ1v) is 8.00. The third kappa shape index (κ3) is 3.26. The summed E-state index contributed by atoms with van der Waals surface area (Å²) in [6.07, 6.45) is 1.55. The molecule has 1 N–H and O–H groups in total. The van der Waals surface area contributed by atoms with Crippen LogP contribution in [0.25, 0.3) is 5.69 Å². The summed E-state index contributed by atoms with van der Waals surface area (Å²) in [5.41, 5.74) is 1.33. The Morgan fingerprint density at radius 3 is 2.50 bits per heavy atom. The lowest BCUT2D eigenvalue weighted by Crippen LogP contribution is -2.27. The number of hydrogen-bond acceptors (Lipinski definition) is 3. The van der Waals surface area contributed by atoms with Crippen molar-refractivity contribution >= 4 is 10.0 Å². The van der Waals surface area contributed by atoms with Gasteiger partial charge in [0.15, 0.2) is 0 Å². The molecule has 1 aromatic carbocycles. The number of nitrogens with zero attached hydrogens (tertiary/aromatic N) is 2. The maximum Gasteiger partial charge on any atom is 0.243 e. The molecule has 0 amide bonds. The van der Waals surface area contributed by atoms with E-state index in [9.17, 15) is 8.42 Å². The number of sulfonamides is 1. The van der Waals surface area contributed by atoms with Crippen molar-refractivity contribution in [3.8, 4) is 5.69 Å². The summed E-state index contributed by atoms with van der Waals surface area (Å²) in [6, 6.07) is 9.44. The molecule has 0 aliphatic heterocycles. The van der Waals surface area contributed by atoms with Crippen LogP contribution in [0.15, 0.2) is 41.4 Å². The standard InChI is InChI=1S/C14H19N3O2S/c1-11(2)9-15-20(18,19)14-10-17(16-12(14)3)13-7-5-4-6-8-13/h4-8,10-11,15H,9H2,1-3H3. The first-order valence-electron chi connectivity index (χ1n) is 6.51. The van der Waals surface area contributed by atoms with Crippen LogP contribution in [-0.4, -0.2) is 24.7 Å². The molecule has 0 fully saturated rings. The van der Waals surface area contributed by atoms with Gasteiger partial charge >= 0.3 is 0 Å². The number of hydrogen-bond donors (Lipinski definition) is 1. The molecule has 20 heavy (non-hydrogen) atoms. The smallest absolute Gasteiger partial charge is 0.239 e. The Labute approximate surface area is 119 Å². The van der Waals surface area contributed by atoms with Crippen LogP contribution in [0.1, 0.15) is 19.5 Å². The van der Waals surface area contributed by atoms with E-state index in [1.165, 1.54) is 0 Å². The fourth-order valence-electron chi connectivity index (χ4n) is 1.78. The summed E-state index contributed by atoms with van der Waals surface area (Å²) < 4.78 is 28.7. The lowest BCUT2D eigenvalue weighted by Gasteiger charge is -2.07. The predicted octanol–water partition coefficient (Wildman–Crippen LogP) is 2.12. The molecular weight excluding hydrogens is 274 g/mol. The first-order chi connectivity index (χ1) is 9.40. The quantitative estimate of drug-likeness (QED) is 0.918. The normalized spacial score (nSPS) is 12.0. The van der Waals surface area contributed by atoms with Crippen LogP contribution in [-0.2, 0) is 10.0 Å². The Bertz CT molecular complexity index is 676. The zero-order valence-electron chi connectivity index (χ0n) is 11.9. The van der Waals surface area contributed by atoms with Crippen molar-refractivity contribution in [1.82, 2.24) is 14.5 Å². The number of aromatic nitrogens is 2. The highest BCUT2D eigenvalue weighted by molar-refractivity contribution is 7.89. The fourth-order valence-corrected chi connectivity index (χ4v) is 3.15. The minimum absolute atomic E-state index is 0.224. The van der Waals surface area contributed by atoms with Crippen LogP contribution in [0.3, 0.4) is 0 Å². The maximum absolute atomic E-state index is 12.2. The lowest BCUT2D eigenvalue weighted by molar-refractivity contribution is 0.559. The summed E-state index contributed by atoms with van der Waals surface area (Å²) in [5.74, 6) is 0.259. The van der Waals surface area contributed by atoms with E-state index in [2.05, 4.69) is 9.82 Å². The van der Waals surface area contributed by atoms with Crippen molar-refractivity contribution in [3.63, 3.8) is 0 Å². The third-order valence-corrected chi connectivity index (χ3v) is 4.37. The molecule has 0 atom stereocenters. The zero-order valence-corrected chi connectivity index (χ0v) is 12.7. The maximum atomic E-state index is 12.2. The van der Waals surface area contributed by atoms with E-state index in [-0.39, 0.29) is 10.8 Å². The van der Waals surface area contributed by atoms with Gasteiger partial charge in [0.1, 0.15) is 4.90 Å². The first kappa shape index (κ1) is 14.7. The van der Waals surface area contributed by atoms with Gasteiger partial charge in [0, 0.05) is 6.54 Å². The van der Waals surface area contributed by atoms with Gasteiger partial charge in [-0.1, -0.05) is 32.0 Å². The van der Waals surface area contributed by atoms with Crippen LogP contribution in [0.2, 0.25) is 0 Å². The largest absolute Gasteiger partial charge is 0.243 e. The summed E-state index contributed by atoms with van der Waals surface area (Å²) in [5, 5.41) is 4.27. The summed E-state index contributed by atoms with van der Waals surface area (Å²) >= 11 is 0. The van der Waals surface area contributed by atoms with Crippen LogP contribution >= 0.6 is 0 Å². The molecule has 0 unspecified atom stereocenters. The van der Waals surface area contributed by atoms with Gasteiger partial charge in [-0.15, -0.1) is 0 Å². The van der Waals surface area contributed by atoms with Gasteiger partial charge in [0.25, 0.3) is 0 Å². The second kappa shape index (κ2) is 5.76. The average molecular weight is 293 g/mol. The van der Waals surface area contributed by atoms with Crippen molar-refractivity contribution in [2.24, 2.45) is 5.92 Å². The van der Waals surface area contributed by atoms with Gasteiger partial charge in [0.05, 0.1) is 17.6 Å². The van der Waals surface area contributed by atoms with Crippen molar-refractivity contribution in [2.75, 3.05) is 6.54 Å². The number of aryl methyl sites for hydroxylation is 1. The molecular formula is C14H19N3O2S. The number of rotatable bonds is 5. The molecule has 0 spiro atoms. The Morgan fingerprint density at radius 1 is 1.25 bits per heavy atom. The molecule has 5 nitrogen and oxygen atoms in total. The monoisotopic (exact) mass is 293 g/mol. The molecule has 0 bridgehead atoms. The van der Waals surface area contributed by atoms with Crippen molar-refractivity contribution in [3.05, 3.63) is 42.2 Å². The fraction of sp³-hybridized carbons (Fsp3) is 0.357. The van der Waals surface area contributed by atoms with E-state index in [1.54, 1.807) is 17.8 Å². The zero-order chi connectivity index (χ0) is 14.8. The second-order valence-corrected chi connectivity index (χ2v) is 6.84. The second-order valence-electron chi connectivity index (χ2n) is 5.10. The molecule has 108 valence electrons. The lowest BCUT2D eigenvalue weighted by atomic mass is 10.2. The molecule has 6 heteroatoms. The number of benzene rings is 1. The molecule has 0 aliphatic carbocycles. The minimum atomic E-state index is -3.51. The highest BCUT2D eigenvalue weighted by Gasteiger charge is 2.20. The summed E-state index contributed by atoms with van der Waals surface area (Å²) in [4.78, 5) is 0.224. The topological polar surface area (TPSA) is 64.0 Å². The van der Waals surface area contributed by atoms with Gasteiger partial charge in [-0.2, -0.15) is 5.10 Å². The van der Waals surface area contributed by atoms with Gasteiger partial charge in [-0.3, -0.25) is 0 Å². The Kier molecular flexibility index (Phi) is 4.25. The third-order valence-electron chi connectivity index (χ3n) is 2.85. The number of para-hydroxylation sites is 1. The highest BCUT2D eigenvalue weighted by atomic mass is 32.2. The van der Waals surface area contributed by atoms with Crippen molar-refractivity contribution in [1.29, 1.82) is 0 Å². The van der Waals surface area contributed by atoms with E-state index < -0.39 is 10.0 Å². The van der Waals surface area contributed by atoms with Gasteiger partial charge in [-0.25, -0.2) is 17.8 Å². The Balaban J connectivity index is 2.33. The Hall–Kier alpha value is -1.66. The molecule has 1 aromatic heterocycles. The van der Waals surface area contributed by atoms with Crippen molar-refractivity contribution < 1.29 is 8.42 Å². The van der Waals surface area contributed by atoms with Crippen LogP contribution in [0.5, 0.6) is 0 Å². The number of nitrogens with one attached hydrogen (secondary N) is 1. The van der Waals surface area contributed by atoms with Crippen LogP contribution in [0.4, 0.5) is 0 Å². The van der Waals surface area contributed by atoms with Crippen LogP contribution < -0.4 is 4.72 Å². The SMILES string of the molecule is Cc1nn(-c2ccccc2)cc1S(=O)(=O)NCC(C)C. The van der Waals surface area contributed by atoms with E-state index in [0.717, 1.165) is 5.69 Å². The van der Waals surface area contributed by atoms with Crippen LogP contribution in [0, 0.1) is 12.8 Å². The van der Waals surface area contributed by atoms with E-state index in [1.807, 2.05) is 44.2 Å². The summed E-state index contributed by atoms with van der Waals surface area (Å²) in [6.45, 7) is 6.03. The van der Waals surface area contributed by atoms with Gasteiger partial charge in [0.2, 0.25) is 10.0 Å². The molecule has 0 radical (unpaired) electrons. The van der Waals surface area contributed by atoms with E-state index >= 15 is 0 Å². The molecule has 1 heterocycles. The molecule has 0 saturated heterocycles. The highest BCUT2D eigenvalue weighted by Crippen LogP contribution is 2.16. The molecule has 0 aliphatic rings.